The molecule has 1 aromatic carbocycles. The van der Waals surface area contributed by atoms with Gasteiger partial charge in [0.2, 0.25) is 0 Å². The van der Waals surface area contributed by atoms with Crippen LogP contribution in [0.4, 0.5) is 15.3 Å². The molecule has 0 atom stereocenters. The van der Waals surface area contributed by atoms with Crippen LogP contribution in [0.15, 0.2) is 41.8 Å². The minimum Gasteiger partial charge on any atom is -0.444 e. The number of piperazine rings is 1. The number of nitrogens with zero attached hydrogens (tertiary/aromatic N) is 3. The minimum atomic E-state index is -0.483. The smallest absolute Gasteiger partial charge is 0.410 e. The summed E-state index contributed by atoms with van der Waals surface area (Å²) in [6.45, 7) is 10.4. The van der Waals surface area contributed by atoms with Gasteiger partial charge in [0.1, 0.15) is 5.60 Å². The maximum absolute atomic E-state index is 12.9. The fraction of sp³-hybridized carbons (Fsp3) is 0.519. The SMILES string of the molecule is CC(C)(C)OC(=O)N1CCC(N2CCN(C(=O)Nc3cccc(C(=O)NCc4cccs4)c3)CC2)CC1. The van der Waals surface area contributed by atoms with E-state index in [-0.39, 0.29) is 18.0 Å². The lowest BCUT2D eigenvalue weighted by atomic mass is 10.0. The van der Waals surface area contributed by atoms with Gasteiger partial charge in [-0.3, -0.25) is 9.69 Å². The zero-order valence-electron chi connectivity index (χ0n) is 21.9. The molecule has 4 rings (SSSR count). The van der Waals surface area contributed by atoms with E-state index in [1.54, 1.807) is 40.5 Å². The fourth-order valence-electron chi connectivity index (χ4n) is 4.65. The van der Waals surface area contributed by atoms with Crippen molar-refractivity contribution in [2.45, 2.75) is 51.8 Å². The van der Waals surface area contributed by atoms with E-state index in [4.69, 9.17) is 4.74 Å². The molecule has 1 aromatic heterocycles. The van der Waals surface area contributed by atoms with Gasteiger partial charge in [0, 0.05) is 61.4 Å². The van der Waals surface area contributed by atoms with Crippen molar-refractivity contribution in [1.29, 1.82) is 0 Å². The average Bonchev–Trinajstić information content (AvgIpc) is 3.40. The fourth-order valence-corrected chi connectivity index (χ4v) is 5.30. The molecule has 2 aliphatic rings. The van der Waals surface area contributed by atoms with E-state index in [1.165, 1.54) is 0 Å². The molecular weight excluding hydrogens is 490 g/mol. The predicted octanol–water partition coefficient (Wildman–Crippen LogP) is 4.23. The summed E-state index contributed by atoms with van der Waals surface area (Å²) in [6.07, 6.45) is 1.58. The number of urea groups is 1. The molecule has 0 unspecified atom stereocenters. The molecule has 2 aliphatic heterocycles. The highest BCUT2D eigenvalue weighted by atomic mass is 32.1. The first-order chi connectivity index (χ1) is 17.7. The zero-order valence-corrected chi connectivity index (χ0v) is 22.7. The number of likely N-dealkylation sites (tertiary alicyclic amines) is 1. The summed E-state index contributed by atoms with van der Waals surface area (Å²) in [5, 5.41) is 7.83. The Labute approximate surface area is 222 Å². The summed E-state index contributed by atoms with van der Waals surface area (Å²) in [4.78, 5) is 44.8. The van der Waals surface area contributed by atoms with Crippen molar-refractivity contribution in [3.8, 4) is 0 Å². The van der Waals surface area contributed by atoms with Gasteiger partial charge in [-0.25, -0.2) is 9.59 Å². The van der Waals surface area contributed by atoms with Gasteiger partial charge in [0.25, 0.3) is 5.91 Å². The van der Waals surface area contributed by atoms with Crippen LogP contribution in [0, 0.1) is 0 Å². The Balaban J connectivity index is 1.21. The molecule has 0 aliphatic carbocycles. The van der Waals surface area contributed by atoms with Crippen LogP contribution in [-0.4, -0.2) is 83.6 Å². The lowest BCUT2D eigenvalue weighted by Gasteiger charge is -2.42. The molecule has 4 amide bonds. The monoisotopic (exact) mass is 527 g/mol. The summed E-state index contributed by atoms with van der Waals surface area (Å²) in [5.41, 5.74) is 0.630. The molecule has 200 valence electrons. The number of carbonyl (C=O) groups is 3. The summed E-state index contributed by atoms with van der Waals surface area (Å²) in [7, 11) is 0. The van der Waals surface area contributed by atoms with E-state index in [9.17, 15) is 14.4 Å². The number of amides is 4. The number of piperidine rings is 1. The van der Waals surface area contributed by atoms with Crippen molar-refractivity contribution in [3.63, 3.8) is 0 Å². The largest absolute Gasteiger partial charge is 0.444 e. The van der Waals surface area contributed by atoms with Gasteiger partial charge in [0.15, 0.2) is 0 Å². The van der Waals surface area contributed by atoms with Gasteiger partial charge in [-0.1, -0.05) is 12.1 Å². The predicted molar refractivity (Wildman–Crippen MR) is 145 cm³/mol. The Hall–Kier alpha value is -3.11. The number of anilines is 1. The Kier molecular flexibility index (Phi) is 8.71. The first-order valence-electron chi connectivity index (χ1n) is 12.9. The zero-order chi connectivity index (χ0) is 26.4. The quantitative estimate of drug-likeness (QED) is 0.607. The highest BCUT2D eigenvalue weighted by Crippen LogP contribution is 2.21. The summed E-state index contributed by atoms with van der Waals surface area (Å²) >= 11 is 1.60. The minimum absolute atomic E-state index is 0.157. The molecule has 2 aromatic rings. The summed E-state index contributed by atoms with van der Waals surface area (Å²) in [5.74, 6) is -0.171. The first-order valence-corrected chi connectivity index (χ1v) is 13.7. The number of hydrogen-bond acceptors (Lipinski definition) is 6. The van der Waals surface area contributed by atoms with E-state index in [1.807, 2.05) is 43.2 Å². The van der Waals surface area contributed by atoms with Gasteiger partial charge in [-0.05, 0) is 63.3 Å². The average molecular weight is 528 g/mol. The number of rotatable bonds is 5. The Morgan fingerprint density at radius 3 is 2.35 bits per heavy atom. The molecule has 0 bridgehead atoms. The first kappa shape index (κ1) is 26.9. The van der Waals surface area contributed by atoms with E-state index in [2.05, 4.69) is 15.5 Å². The van der Waals surface area contributed by atoms with Crippen LogP contribution in [0.2, 0.25) is 0 Å². The topological polar surface area (TPSA) is 94.2 Å². The van der Waals surface area contributed by atoms with Gasteiger partial charge < -0.3 is 25.2 Å². The number of hydrogen-bond donors (Lipinski definition) is 2. The molecular formula is C27H37N5O4S. The molecule has 0 saturated carbocycles. The second-order valence-corrected chi connectivity index (χ2v) is 11.5. The number of nitrogens with one attached hydrogen (secondary N) is 2. The summed E-state index contributed by atoms with van der Waals surface area (Å²) in [6, 6.07) is 11.2. The van der Waals surface area contributed by atoms with Crippen LogP contribution in [0.25, 0.3) is 0 Å². The number of ether oxygens (including phenoxy) is 1. The van der Waals surface area contributed by atoms with Crippen LogP contribution in [0.1, 0.15) is 48.8 Å². The Morgan fingerprint density at radius 2 is 1.70 bits per heavy atom. The highest BCUT2D eigenvalue weighted by molar-refractivity contribution is 7.09. The van der Waals surface area contributed by atoms with Crippen molar-refractivity contribution < 1.29 is 19.1 Å². The van der Waals surface area contributed by atoms with Crippen LogP contribution < -0.4 is 10.6 Å². The van der Waals surface area contributed by atoms with Crippen LogP contribution in [0.3, 0.4) is 0 Å². The molecule has 2 N–H and O–H groups in total. The van der Waals surface area contributed by atoms with Crippen LogP contribution in [-0.2, 0) is 11.3 Å². The normalized spacial score (nSPS) is 17.4. The van der Waals surface area contributed by atoms with Crippen molar-refractivity contribution in [2.75, 3.05) is 44.6 Å². The second-order valence-electron chi connectivity index (χ2n) is 10.5. The number of carbonyl (C=O) groups excluding carboxylic acids is 3. The molecule has 0 radical (unpaired) electrons. The Bertz CT molecular complexity index is 1070. The lowest BCUT2D eigenvalue weighted by Crippen LogP contribution is -2.55. The van der Waals surface area contributed by atoms with Crippen LogP contribution >= 0.6 is 11.3 Å². The van der Waals surface area contributed by atoms with Crippen molar-refractivity contribution >= 4 is 35.1 Å². The third-order valence-corrected chi connectivity index (χ3v) is 7.49. The number of thiophene rings is 1. The van der Waals surface area contributed by atoms with Gasteiger partial charge >= 0.3 is 12.1 Å². The molecule has 3 heterocycles. The molecule has 2 fully saturated rings. The third kappa shape index (κ3) is 7.69. The van der Waals surface area contributed by atoms with Gasteiger partial charge in [-0.2, -0.15) is 0 Å². The molecule has 9 nitrogen and oxygen atoms in total. The van der Waals surface area contributed by atoms with Crippen molar-refractivity contribution in [1.82, 2.24) is 20.0 Å². The Morgan fingerprint density at radius 1 is 0.973 bits per heavy atom. The van der Waals surface area contributed by atoms with Crippen molar-refractivity contribution in [2.24, 2.45) is 0 Å². The van der Waals surface area contributed by atoms with Gasteiger partial charge in [0.05, 0.1) is 6.54 Å². The van der Waals surface area contributed by atoms with E-state index < -0.39 is 5.60 Å². The molecule has 10 heteroatoms. The molecule has 2 saturated heterocycles. The standard InChI is InChI=1S/C27H37N5O4S/c1-27(2,3)36-26(35)32-11-9-22(10-12-32)30-13-15-31(16-14-30)25(34)29-21-7-4-6-20(18-21)24(33)28-19-23-8-5-17-37-23/h4-8,17-18,22H,9-16,19H2,1-3H3,(H,28,33)(H,29,34). The van der Waals surface area contributed by atoms with E-state index in [0.29, 0.717) is 50.0 Å². The highest BCUT2D eigenvalue weighted by Gasteiger charge is 2.31. The molecule has 0 spiro atoms. The second kappa shape index (κ2) is 12.0. The summed E-state index contributed by atoms with van der Waals surface area (Å²) < 4.78 is 5.50. The molecule has 37 heavy (non-hydrogen) atoms. The maximum atomic E-state index is 12.9. The third-order valence-electron chi connectivity index (χ3n) is 6.61. The lowest BCUT2D eigenvalue weighted by molar-refractivity contribution is 0.0114. The van der Waals surface area contributed by atoms with Crippen molar-refractivity contribution in [3.05, 3.63) is 52.2 Å². The van der Waals surface area contributed by atoms with E-state index >= 15 is 0 Å². The van der Waals surface area contributed by atoms with Gasteiger partial charge in [-0.15, -0.1) is 11.3 Å². The van der Waals surface area contributed by atoms with E-state index in [0.717, 1.165) is 30.8 Å². The maximum Gasteiger partial charge on any atom is 0.410 e. The number of benzene rings is 1. The van der Waals surface area contributed by atoms with Crippen LogP contribution in [0.5, 0.6) is 0 Å².